The summed E-state index contributed by atoms with van der Waals surface area (Å²) in [7, 11) is 0. The highest BCUT2D eigenvalue weighted by atomic mass is 16.1. The smallest absolute Gasteiger partial charge is 0.276 e. The van der Waals surface area contributed by atoms with Gasteiger partial charge < -0.3 is 0 Å². The van der Waals surface area contributed by atoms with Crippen molar-refractivity contribution in [3.05, 3.63) is 76.0 Å². The van der Waals surface area contributed by atoms with Crippen LogP contribution in [0.5, 0.6) is 0 Å². The second-order valence-corrected chi connectivity index (χ2v) is 5.97. The Morgan fingerprint density at radius 1 is 1.27 bits per heavy atom. The number of H-pyrrole nitrogens is 1. The highest BCUT2D eigenvalue weighted by Gasteiger charge is 2.17. The number of benzene rings is 1. The van der Waals surface area contributed by atoms with Gasteiger partial charge in [0.2, 0.25) is 0 Å². The Kier molecular flexibility index (Phi) is 3.86. The Morgan fingerprint density at radius 2 is 2.08 bits per heavy atom. The molecule has 3 heterocycles. The summed E-state index contributed by atoms with van der Waals surface area (Å²) in [5, 5.41) is 16.4. The topological polar surface area (TPSA) is 91.8 Å². The van der Waals surface area contributed by atoms with Gasteiger partial charge in [-0.25, -0.2) is 9.50 Å². The molecule has 0 radical (unpaired) electrons. The molecule has 0 saturated heterocycles. The van der Waals surface area contributed by atoms with E-state index in [1.165, 1.54) is 10.7 Å². The first-order valence-electron chi connectivity index (χ1n) is 8.31. The quantitative estimate of drug-likeness (QED) is 0.615. The highest BCUT2D eigenvalue weighted by molar-refractivity contribution is 5.66. The zero-order chi connectivity index (χ0) is 18.1. The minimum Gasteiger partial charge on any atom is -0.295 e. The molecule has 128 valence electrons. The molecule has 3 aromatic heterocycles. The number of rotatable bonds is 4. The van der Waals surface area contributed by atoms with Crippen LogP contribution in [0, 0.1) is 11.3 Å². The van der Waals surface area contributed by atoms with E-state index in [4.69, 9.17) is 0 Å². The van der Waals surface area contributed by atoms with Crippen molar-refractivity contribution >= 4 is 5.65 Å². The number of fused-ring (bicyclic) bond motifs is 1. The lowest BCUT2D eigenvalue weighted by Gasteiger charge is -2.05. The van der Waals surface area contributed by atoms with Gasteiger partial charge in [0.15, 0.2) is 5.65 Å². The summed E-state index contributed by atoms with van der Waals surface area (Å²) in [5.74, 6) is 0. The number of hydrogen-bond donors (Lipinski definition) is 1. The van der Waals surface area contributed by atoms with Crippen LogP contribution in [-0.4, -0.2) is 24.4 Å². The van der Waals surface area contributed by atoms with E-state index in [0.29, 0.717) is 35.4 Å². The molecule has 4 aromatic rings. The zero-order valence-electron chi connectivity index (χ0n) is 14.2. The van der Waals surface area contributed by atoms with Crippen LogP contribution in [0.4, 0.5) is 0 Å². The van der Waals surface area contributed by atoms with E-state index < -0.39 is 0 Å². The van der Waals surface area contributed by atoms with Crippen molar-refractivity contribution in [1.29, 1.82) is 5.26 Å². The standard InChI is InChI=1S/C19H16N6O/c1-2-16-17(23-18-14(8-20)9-22-25(18)19(16)26)15-10-21-24(12-15)11-13-6-4-3-5-7-13/h3-7,9-10,12,22H,2,11H2,1H3. The molecule has 0 unspecified atom stereocenters. The number of aromatic nitrogens is 5. The Hall–Kier alpha value is -3.66. The third-order valence-corrected chi connectivity index (χ3v) is 4.32. The van der Waals surface area contributed by atoms with Gasteiger partial charge in [-0.1, -0.05) is 37.3 Å². The van der Waals surface area contributed by atoms with Gasteiger partial charge in [0.25, 0.3) is 5.56 Å². The number of nitrogens with one attached hydrogen (secondary N) is 1. The molecular formula is C19H16N6O. The summed E-state index contributed by atoms with van der Waals surface area (Å²) >= 11 is 0. The zero-order valence-corrected chi connectivity index (χ0v) is 14.2. The van der Waals surface area contributed by atoms with E-state index in [1.54, 1.807) is 6.20 Å². The number of aromatic amines is 1. The number of hydrogen-bond acceptors (Lipinski definition) is 4. The summed E-state index contributed by atoms with van der Waals surface area (Å²) in [6, 6.07) is 12.1. The predicted octanol–water partition coefficient (Wildman–Crippen LogP) is 2.37. The Labute approximate surface area is 149 Å². The van der Waals surface area contributed by atoms with E-state index in [9.17, 15) is 10.1 Å². The Bertz CT molecular complexity index is 1180. The van der Waals surface area contributed by atoms with E-state index in [-0.39, 0.29) is 5.56 Å². The molecule has 0 bridgehead atoms. The molecule has 4 rings (SSSR count). The van der Waals surface area contributed by atoms with Crippen LogP contribution in [0.2, 0.25) is 0 Å². The molecule has 0 atom stereocenters. The first-order chi connectivity index (χ1) is 12.7. The third kappa shape index (κ3) is 2.58. The summed E-state index contributed by atoms with van der Waals surface area (Å²) in [4.78, 5) is 17.3. The lowest BCUT2D eigenvalue weighted by atomic mass is 10.1. The van der Waals surface area contributed by atoms with E-state index in [1.807, 2.05) is 48.1 Å². The Balaban J connectivity index is 1.81. The van der Waals surface area contributed by atoms with Crippen molar-refractivity contribution in [2.24, 2.45) is 0 Å². The van der Waals surface area contributed by atoms with Crippen LogP contribution in [0.3, 0.4) is 0 Å². The number of nitrogens with zero attached hydrogens (tertiary/aromatic N) is 5. The number of nitriles is 1. The fourth-order valence-electron chi connectivity index (χ4n) is 3.03. The van der Waals surface area contributed by atoms with Gasteiger partial charge in [-0.3, -0.25) is 14.6 Å². The second kappa shape index (κ2) is 6.33. The molecule has 0 amide bonds. The summed E-state index contributed by atoms with van der Waals surface area (Å²) < 4.78 is 3.13. The van der Waals surface area contributed by atoms with Gasteiger partial charge in [0.05, 0.1) is 18.4 Å². The van der Waals surface area contributed by atoms with Crippen LogP contribution >= 0.6 is 0 Å². The monoisotopic (exact) mass is 344 g/mol. The minimum absolute atomic E-state index is 0.190. The molecule has 0 spiro atoms. The lowest BCUT2D eigenvalue weighted by Crippen LogP contribution is -2.21. The highest BCUT2D eigenvalue weighted by Crippen LogP contribution is 2.21. The largest absolute Gasteiger partial charge is 0.295 e. The van der Waals surface area contributed by atoms with E-state index >= 15 is 0 Å². The fourth-order valence-corrected chi connectivity index (χ4v) is 3.03. The van der Waals surface area contributed by atoms with Crippen LogP contribution in [-0.2, 0) is 13.0 Å². The van der Waals surface area contributed by atoms with Crippen LogP contribution in [0.1, 0.15) is 23.6 Å². The molecule has 0 fully saturated rings. The molecule has 1 N–H and O–H groups in total. The van der Waals surface area contributed by atoms with Crippen LogP contribution in [0.25, 0.3) is 16.9 Å². The van der Waals surface area contributed by atoms with Crippen molar-refractivity contribution in [3.63, 3.8) is 0 Å². The summed E-state index contributed by atoms with van der Waals surface area (Å²) in [6.45, 7) is 2.55. The Morgan fingerprint density at radius 3 is 2.81 bits per heavy atom. The average Bonchev–Trinajstić information content (AvgIpc) is 3.29. The molecule has 26 heavy (non-hydrogen) atoms. The van der Waals surface area contributed by atoms with Gasteiger partial charge in [0, 0.05) is 23.5 Å². The summed E-state index contributed by atoms with van der Waals surface area (Å²) in [5.41, 5.74) is 3.55. The third-order valence-electron chi connectivity index (χ3n) is 4.32. The molecule has 0 aliphatic rings. The molecule has 0 aliphatic heterocycles. The molecular weight excluding hydrogens is 328 g/mol. The van der Waals surface area contributed by atoms with Gasteiger partial charge in [0.1, 0.15) is 11.6 Å². The first-order valence-corrected chi connectivity index (χ1v) is 8.31. The minimum atomic E-state index is -0.190. The van der Waals surface area contributed by atoms with Gasteiger partial charge in [-0.15, -0.1) is 0 Å². The van der Waals surface area contributed by atoms with Crippen molar-refractivity contribution in [3.8, 4) is 17.3 Å². The van der Waals surface area contributed by atoms with Gasteiger partial charge >= 0.3 is 0 Å². The van der Waals surface area contributed by atoms with Gasteiger partial charge in [-0.05, 0) is 12.0 Å². The fraction of sp³-hybridized carbons (Fsp3) is 0.158. The molecule has 7 heteroatoms. The second-order valence-electron chi connectivity index (χ2n) is 5.97. The SMILES string of the molecule is CCc1c(-c2cnn(Cc3ccccc3)c2)nc2c(C#N)c[nH]n2c1=O. The molecule has 7 nitrogen and oxygen atoms in total. The van der Waals surface area contributed by atoms with Crippen molar-refractivity contribution in [1.82, 2.24) is 24.4 Å². The molecule has 0 aliphatic carbocycles. The van der Waals surface area contributed by atoms with Crippen molar-refractivity contribution in [2.45, 2.75) is 19.9 Å². The maximum absolute atomic E-state index is 12.7. The molecule has 0 saturated carbocycles. The lowest BCUT2D eigenvalue weighted by molar-refractivity contribution is 0.687. The van der Waals surface area contributed by atoms with E-state index in [0.717, 1.165) is 11.1 Å². The van der Waals surface area contributed by atoms with Crippen LogP contribution < -0.4 is 5.56 Å². The maximum atomic E-state index is 12.7. The van der Waals surface area contributed by atoms with E-state index in [2.05, 4.69) is 21.3 Å². The van der Waals surface area contributed by atoms with Gasteiger partial charge in [-0.2, -0.15) is 10.4 Å². The first kappa shape index (κ1) is 15.8. The average molecular weight is 344 g/mol. The van der Waals surface area contributed by atoms with Crippen LogP contribution in [0.15, 0.2) is 53.7 Å². The predicted molar refractivity (Wildman–Crippen MR) is 96.7 cm³/mol. The van der Waals surface area contributed by atoms with Crippen molar-refractivity contribution < 1.29 is 0 Å². The molecule has 1 aromatic carbocycles. The normalized spacial score (nSPS) is 10.9. The summed E-state index contributed by atoms with van der Waals surface area (Å²) in [6.07, 6.45) is 5.61. The van der Waals surface area contributed by atoms with Crippen molar-refractivity contribution in [2.75, 3.05) is 0 Å². The maximum Gasteiger partial charge on any atom is 0.276 e.